The molecule has 0 amide bonds. The molecule has 0 heteroatoms. The van der Waals surface area contributed by atoms with Gasteiger partial charge in [-0.2, -0.15) is 0 Å². The molecule has 2 rings (SSSR count). The largest absolute Gasteiger partial charge is 0.0885 e. The molecule has 0 saturated heterocycles. The van der Waals surface area contributed by atoms with Crippen molar-refractivity contribution in [3.63, 3.8) is 0 Å². The van der Waals surface area contributed by atoms with E-state index >= 15 is 0 Å². The second-order valence-electron chi connectivity index (χ2n) is 4.63. The predicted molar refractivity (Wildman–Crippen MR) is 64.5 cm³/mol. The molecule has 0 aromatic rings. The maximum absolute atomic E-state index is 2.43. The lowest BCUT2D eigenvalue weighted by Gasteiger charge is -2.33. The van der Waals surface area contributed by atoms with E-state index in [4.69, 9.17) is 0 Å². The smallest absolute Gasteiger partial charge is 0.0260 e. The zero-order valence-corrected chi connectivity index (χ0v) is 10.0. The Kier molecular flexibility index (Phi) is 5.29. The zero-order chi connectivity index (χ0) is 10.3. The fourth-order valence-electron chi connectivity index (χ4n) is 2.88. The molecule has 0 aliphatic heterocycles. The molecular formula is C14H26. The molecular weight excluding hydrogens is 168 g/mol. The third-order valence-corrected chi connectivity index (χ3v) is 3.72. The van der Waals surface area contributed by atoms with E-state index in [-0.39, 0.29) is 0 Å². The van der Waals surface area contributed by atoms with E-state index in [9.17, 15) is 0 Å². The molecule has 0 aromatic heterocycles. The van der Waals surface area contributed by atoms with Gasteiger partial charge in [0.1, 0.15) is 0 Å². The Bertz CT molecular complexity index is 159. The van der Waals surface area contributed by atoms with E-state index in [1.54, 1.807) is 0 Å². The highest BCUT2D eigenvalue weighted by Gasteiger charge is 2.30. The van der Waals surface area contributed by atoms with E-state index in [1.807, 2.05) is 13.8 Å². The van der Waals surface area contributed by atoms with Crippen molar-refractivity contribution in [2.45, 2.75) is 71.6 Å². The fraction of sp³-hybridized carbons (Fsp3) is 0.857. The maximum atomic E-state index is 2.43. The Hall–Kier alpha value is -0.260. The van der Waals surface area contributed by atoms with Gasteiger partial charge in [0.05, 0.1) is 0 Å². The molecule has 1 fully saturated rings. The van der Waals surface area contributed by atoms with Crippen molar-refractivity contribution < 1.29 is 0 Å². The molecule has 0 heterocycles. The van der Waals surface area contributed by atoms with Crippen molar-refractivity contribution in [2.24, 2.45) is 5.41 Å². The van der Waals surface area contributed by atoms with Gasteiger partial charge in [-0.25, -0.2) is 0 Å². The Morgan fingerprint density at radius 3 is 1.93 bits per heavy atom. The van der Waals surface area contributed by atoms with Crippen molar-refractivity contribution in [3.8, 4) is 0 Å². The second kappa shape index (κ2) is 6.27. The lowest BCUT2D eigenvalue weighted by atomic mass is 9.72. The molecule has 1 saturated carbocycles. The van der Waals surface area contributed by atoms with Crippen LogP contribution in [0.3, 0.4) is 0 Å². The van der Waals surface area contributed by atoms with Gasteiger partial charge >= 0.3 is 0 Å². The summed E-state index contributed by atoms with van der Waals surface area (Å²) in [5.41, 5.74) is 0.755. The molecule has 2 aliphatic rings. The first-order valence-electron chi connectivity index (χ1n) is 6.56. The topological polar surface area (TPSA) is 0 Å². The van der Waals surface area contributed by atoms with Gasteiger partial charge in [-0.15, -0.1) is 0 Å². The third kappa shape index (κ3) is 3.15. The van der Waals surface area contributed by atoms with Crippen LogP contribution in [0.4, 0.5) is 0 Å². The highest BCUT2D eigenvalue weighted by atomic mass is 14.3. The first-order chi connectivity index (χ1) is 6.91. The Morgan fingerprint density at radius 2 is 1.43 bits per heavy atom. The molecule has 1 spiro atoms. The van der Waals surface area contributed by atoms with Crippen LogP contribution in [0, 0.1) is 5.41 Å². The fourth-order valence-corrected chi connectivity index (χ4v) is 2.88. The summed E-state index contributed by atoms with van der Waals surface area (Å²) in [6, 6.07) is 0. The van der Waals surface area contributed by atoms with Crippen LogP contribution < -0.4 is 0 Å². The Morgan fingerprint density at radius 1 is 0.786 bits per heavy atom. The summed E-state index contributed by atoms with van der Waals surface area (Å²) in [6.07, 6.45) is 18.0. The molecule has 0 unspecified atom stereocenters. The van der Waals surface area contributed by atoms with Crippen molar-refractivity contribution >= 4 is 0 Å². The molecule has 82 valence electrons. The number of allylic oxidation sites excluding steroid dienone is 2. The monoisotopic (exact) mass is 194 g/mol. The van der Waals surface area contributed by atoms with Gasteiger partial charge in [0, 0.05) is 0 Å². The highest BCUT2D eigenvalue weighted by molar-refractivity contribution is 4.98. The summed E-state index contributed by atoms with van der Waals surface area (Å²) in [4.78, 5) is 0. The highest BCUT2D eigenvalue weighted by Crippen LogP contribution is 2.44. The van der Waals surface area contributed by atoms with Crippen molar-refractivity contribution in [1.29, 1.82) is 0 Å². The molecule has 0 nitrogen and oxygen atoms in total. The molecule has 0 N–H and O–H groups in total. The molecule has 14 heavy (non-hydrogen) atoms. The second-order valence-corrected chi connectivity index (χ2v) is 4.63. The van der Waals surface area contributed by atoms with Gasteiger partial charge < -0.3 is 0 Å². The minimum atomic E-state index is 0.755. The van der Waals surface area contributed by atoms with Gasteiger partial charge in [-0.05, 0) is 37.5 Å². The number of hydrogen-bond donors (Lipinski definition) is 0. The zero-order valence-electron chi connectivity index (χ0n) is 10.0. The van der Waals surface area contributed by atoms with Crippen LogP contribution in [0.1, 0.15) is 71.6 Å². The van der Waals surface area contributed by atoms with E-state index in [2.05, 4.69) is 12.2 Å². The van der Waals surface area contributed by atoms with E-state index in [0.29, 0.717) is 0 Å². The van der Waals surface area contributed by atoms with E-state index in [1.165, 1.54) is 57.8 Å². The van der Waals surface area contributed by atoms with Crippen molar-refractivity contribution in [2.75, 3.05) is 0 Å². The van der Waals surface area contributed by atoms with Gasteiger partial charge in [0.15, 0.2) is 0 Å². The van der Waals surface area contributed by atoms with Crippen LogP contribution in [0.25, 0.3) is 0 Å². The SMILES string of the molecule is C1=CCC2(CC1)CCCCCC2.CC. The number of rotatable bonds is 0. The average molecular weight is 194 g/mol. The summed E-state index contributed by atoms with van der Waals surface area (Å²) in [7, 11) is 0. The first-order valence-corrected chi connectivity index (χ1v) is 6.56. The van der Waals surface area contributed by atoms with Crippen LogP contribution in [-0.2, 0) is 0 Å². The molecule has 2 aliphatic carbocycles. The lowest BCUT2D eigenvalue weighted by Crippen LogP contribution is -2.20. The van der Waals surface area contributed by atoms with E-state index in [0.717, 1.165) is 5.41 Å². The quantitative estimate of drug-likeness (QED) is 0.471. The summed E-state index contributed by atoms with van der Waals surface area (Å²) < 4.78 is 0. The molecule has 0 bridgehead atoms. The summed E-state index contributed by atoms with van der Waals surface area (Å²) in [5.74, 6) is 0. The van der Waals surface area contributed by atoms with Crippen LogP contribution in [0.5, 0.6) is 0 Å². The third-order valence-electron chi connectivity index (χ3n) is 3.72. The van der Waals surface area contributed by atoms with Gasteiger partial charge in [-0.1, -0.05) is 51.7 Å². The minimum absolute atomic E-state index is 0.755. The number of hydrogen-bond acceptors (Lipinski definition) is 0. The van der Waals surface area contributed by atoms with Crippen LogP contribution >= 0.6 is 0 Å². The lowest BCUT2D eigenvalue weighted by molar-refractivity contribution is 0.219. The Labute approximate surface area is 89.8 Å². The van der Waals surface area contributed by atoms with Crippen molar-refractivity contribution in [3.05, 3.63) is 12.2 Å². The maximum Gasteiger partial charge on any atom is -0.0260 e. The average Bonchev–Trinajstić information content (AvgIpc) is 2.48. The first kappa shape index (κ1) is 11.8. The standard InChI is InChI=1S/C12H20.C2H6/c1-2-5-9-12(8-4-1)10-6-3-7-11-12;1-2/h3,6H,1-2,4-5,7-11H2;1-2H3. The summed E-state index contributed by atoms with van der Waals surface area (Å²) in [6.45, 7) is 4.00. The molecule has 0 radical (unpaired) electrons. The van der Waals surface area contributed by atoms with Gasteiger partial charge in [0.25, 0.3) is 0 Å². The molecule has 0 aromatic carbocycles. The minimum Gasteiger partial charge on any atom is -0.0885 e. The van der Waals surface area contributed by atoms with Gasteiger partial charge in [0.2, 0.25) is 0 Å². The van der Waals surface area contributed by atoms with E-state index < -0.39 is 0 Å². The van der Waals surface area contributed by atoms with Crippen LogP contribution in [0.15, 0.2) is 12.2 Å². The van der Waals surface area contributed by atoms with Crippen LogP contribution in [0.2, 0.25) is 0 Å². The summed E-state index contributed by atoms with van der Waals surface area (Å²) >= 11 is 0. The van der Waals surface area contributed by atoms with Crippen LogP contribution in [-0.4, -0.2) is 0 Å². The summed E-state index contributed by atoms with van der Waals surface area (Å²) in [5, 5.41) is 0. The van der Waals surface area contributed by atoms with Crippen molar-refractivity contribution in [1.82, 2.24) is 0 Å². The Balaban J connectivity index is 0.000000461. The van der Waals surface area contributed by atoms with Gasteiger partial charge in [-0.3, -0.25) is 0 Å². The normalized spacial score (nSPS) is 25.0. The molecule has 0 atom stereocenters. The predicted octanol–water partition coefficient (Wildman–Crippen LogP) is 5.09.